The van der Waals surface area contributed by atoms with Crippen LogP contribution in [0.1, 0.15) is 35.8 Å². The minimum absolute atomic E-state index is 0.168. The van der Waals surface area contributed by atoms with E-state index in [0.717, 1.165) is 5.69 Å². The Labute approximate surface area is 99.4 Å². The van der Waals surface area contributed by atoms with E-state index >= 15 is 0 Å². The van der Waals surface area contributed by atoms with E-state index in [1.807, 2.05) is 13.8 Å². The van der Waals surface area contributed by atoms with Crippen molar-refractivity contribution in [3.63, 3.8) is 0 Å². The van der Waals surface area contributed by atoms with Gasteiger partial charge in [0.25, 0.3) is 5.91 Å². The summed E-state index contributed by atoms with van der Waals surface area (Å²) in [6.45, 7) is 3.71. The van der Waals surface area contributed by atoms with Crippen LogP contribution in [0.15, 0.2) is 12.1 Å². The van der Waals surface area contributed by atoms with Crippen LogP contribution >= 0.6 is 0 Å². The van der Waals surface area contributed by atoms with Gasteiger partial charge in [0, 0.05) is 11.3 Å². The van der Waals surface area contributed by atoms with Gasteiger partial charge in [0.15, 0.2) is 0 Å². The molecule has 0 saturated heterocycles. The lowest BCUT2D eigenvalue weighted by Gasteiger charge is -2.09. The molecule has 6 heteroatoms. The van der Waals surface area contributed by atoms with Crippen LogP contribution in [0.25, 0.3) is 0 Å². The fourth-order valence-corrected chi connectivity index (χ4v) is 1.27. The smallest absolute Gasteiger partial charge is 0.251 e. The Balaban J connectivity index is 2.90. The van der Waals surface area contributed by atoms with Crippen LogP contribution in [0.2, 0.25) is 0 Å². The number of rotatable bonds is 4. The third kappa shape index (κ3) is 3.75. The van der Waals surface area contributed by atoms with Gasteiger partial charge in [0.1, 0.15) is 5.82 Å². The van der Waals surface area contributed by atoms with E-state index in [1.54, 1.807) is 6.07 Å². The number of nitrogens with two attached hydrogens (primary N) is 2. The van der Waals surface area contributed by atoms with Crippen molar-refractivity contribution in [2.24, 2.45) is 5.73 Å². The second-order valence-corrected chi connectivity index (χ2v) is 4.01. The van der Waals surface area contributed by atoms with E-state index < -0.39 is 5.91 Å². The van der Waals surface area contributed by atoms with E-state index in [9.17, 15) is 9.59 Å². The lowest BCUT2D eigenvalue weighted by atomic mass is 10.1. The first-order valence-corrected chi connectivity index (χ1v) is 5.24. The van der Waals surface area contributed by atoms with Crippen molar-refractivity contribution in [1.29, 1.82) is 0 Å². The maximum Gasteiger partial charge on any atom is 0.251 e. The largest absolute Gasteiger partial charge is 0.384 e. The number of primary amides is 1. The van der Waals surface area contributed by atoms with Gasteiger partial charge in [-0.25, -0.2) is 4.98 Å². The molecule has 0 radical (unpaired) electrons. The Morgan fingerprint density at radius 2 is 2.06 bits per heavy atom. The number of carbonyl (C=O) groups excluding carboxylic acids is 2. The van der Waals surface area contributed by atoms with Crippen LogP contribution in [0.3, 0.4) is 0 Å². The van der Waals surface area contributed by atoms with Crippen molar-refractivity contribution in [2.75, 3.05) is 12.3 Å². The Morgan fingerprint density at radius 3 is 2.59 bits per heavy atom. The molecular weight excluding hydrogens is 220 g/mol. The third-order valence-electron chi connectivity index (χ3n) is 2.14. The van der Waals surface area contributed by atoms with Crippen molar-refractivity contribution in [3.8, 4) is 0 Å². The zero-order chi connectivity index (χ0) is 13.0. The van der Waals surface area contributed by atoms with Gasteiger partial charge >= 0.3 is 0 Å². The average Bonchev–Trinajstić information content (AvgIpc) is 2.24. The van der Waals surface area contributed by atoms with Gasteiger partial charge in [-0.05, 0) is 18.1 Å². The topological polar surface area (TPSA) is 111 Å². The highest BCUT2D eigenvalue weighted by Crippen LogP contribution is 2.15. The summed E-state index contributed by atoms with van der Waals surface area (Å²) in [5.41, 5.74) is 11.7. The van der Waals surface area contributed by atoms with E-state index in [-0.39, 0.29) is 24.2 Å². The lowest BCUT2D eigenvalue weighted by Crippen LogP contribution is -2.33. The number of anilines is 1. The second kappa shape index (κ2) is 5.29. The third-order valence-corrected chi connectivity index (χ3v) is 2.14. The van der Waals surface area contributed by atoms with E-state index in [2.05, 4.69) is 10.3 Å². The van der Waals surface area contributed by atoms with E-state index in [0.29, 0.717) is 5.56 Å². The maximum absolute atomic E-state index is 11.7. The first-order valence-electron chi connectivity index (χ1n) is 5.24. The predicted octanol–water partition coefficient (Wildman–Crippen LogP) is 0.00230. The molecule has 1 aromatic heterocycles. The van der Waals surface area contributed by atoms with Crippen molar-refractivity contribution in [3.05, 3.63) is 23.4 Å². The molecule has 0 unspecified atom stereocenters. The fraction of sp³-hybridized carbons (Fsp3) is 0.364. The van der Waals surface area contributed by atoms with Crippen LogP contribution in [-0.4, -0.2) is 23.3 Å². The highest BCUT2D eigenvalue weighted by Gasteiger charge is 2.11. The number of nitrogen functional groups attached to an aromatic ring is 1. The summed E-state index contributed by atoms with van der Waals surface area (Å²) >= 11 is 0. The van der Waals surface area contributed by atoms with Crippen LogP contribution < -0.4 is 16.8 Å². The highest BCUT2D eigenvalue weighted by molar-refractivity contribution is 5.96. The van der Waals surface area contributed by atoms with Gasteiger partial charge in [0.05, 0.1) is 6.54 Å². The van der Waals surface area contributed by atoms with Gasteiger partial charge in [-0.15, -0.1) is 0 Å². The molecule has 5 N–H and O–H groups in total. The molecule has 1 heterocycles. The molecule has 1 aromatic rings. The Hall–Kier alpha value is -2.11. The number of pyridine rings is 1. The number of hydrogen-bond acceptors (Lipinski definition) is 4. The standard InChI is InChI=1S/C11H16N4O2/c1-6(2)8-3-7(4-9(12)15-8)11(17)14-5-10(13)16/h3-4,6H,5H2,1-2H3,(H2,12,15)(H2,13,16)(H,14,17). The molecule has 0 aromatic carbocycles. The molecule has 0 saturated carbocycles. The first-order chi connectivity index (χ1) is 7.90. The van der Waals surface area contributed by atoms with Crippen molar-refractivity contribution >= 4 is 17.6 Å². The molecule has 0 fully saturated rings. The zero-order valence-corrected chi connectivity index (χ0v) is 9.86. The summed E-state index contributed by atoms with van der Waals surface area (Å²) in [4.78, 5) is 26.3. The average molecular weight is 236 g/mol. The Kier molecular flexibility index (Phi) is 4.03. The summed E-state index contributed by atoms with van der Waals surface area (Å²) in [6.07, 6.45) is 0. The number of amides is 2. The van der Waals surface area contributed by atoms with Crippen LogP contribution in [0.5, 0.6) is 0 Å². The molecule has 6 nitrogen and oxygen atoms in total. The quantitative estimate of drug-likeness (QED) is 0.683. The summed E-state index contributed by atoms with van der Waals surface area (Å²) in [7, 11) is 0. The van der Waals surface area contributed by atoms with Crippen molar-refractivity contribution in [2.45, 2.75) is 19.8 Å². The number of nitrogens with zero attached hydrogens (tertiary/aromatic N) is 1. The molecule has 0 spiro atoms. The molecule has 0 aliphatic heterocycles. The highest BCUT2D eigenvalue weighted by atomic mass is 16.2. The van der Waals surface area contributed by atoms with Gasteiger partial charge in [0.2, 0.25) is 5.91 Å². The molecule has 92 valence electrons. The lowest BCUT2D eigenvalue weighted by molar-refractivity contribution is -0.117. The summed E-state index contributed by atoms with van der Waals surface area (Å²) < 4.78 is 0. The van der Waals surface area contributed by atoms with E-state index in [4.69, 9.17) is 11.5 Å². The number of nitrogens with one attached hydrogen (secondary N) is 1. The first kappa shape index (κ1) is 13.0. The number of aromatic nitrogens is 1. The maximum atomic E-state index is 11.7. The summed E-state index contributed by atoms with van der Waals surface area (Å²) in [6, 6.07) is 3.11. The minimum atomic E-state index is -0.593. The Bertz CT molecular complexity index is 443. The molecule has 0 aliphatic carbocycles. The van der Waals surface area contributed by atoms with E-state index in [1.165, 1.54) is 6.07 Å². The minimum Gasteiger partial charge on any atom is -0.384 e. The van der Waals surface area contributed by atoms with Crippen molar-refractivity contribution < 1.29 is 9.59 Å². The molecule has 0 atom stereocenters. The van der Waals surface area contributed by atoms with Gasteiger partial charge in [-0.2, -0.15) is 0 Å². The summed E-state index contributed by atoms with van der Waals surface area (Å²) in [5, 5.41) is 2.39. The number of hydrogen-bond donors (Lipinski definition) is 3. The normalized spacial score (nSPS) is 10.3. The van der Waals surface area contributed by atoms with Crippen LogP contribution in [0.4, 0.5) is 5.82 Å². The second-order valence-electron chi connectivity index (χ2n) is 4.01. The molecule has 0 aliphatic rings. The molecular formula is C11H16N4O2. The Morgan fingerprint density at radius 1 is 1.41 bits per heavy atom. The van der Waals surface area contributed by atoms with Gasteiger partial charge in [-0.1, -0.05) is 13.8 Å². The zero-order valence-electron chi connectivity index (χ0n) is 9.86. The SMILES string of the molecule is CC(C)c1cc(C(=O)NCC(N)=O)cc(N)n1. The monoisotopic (exact) mass is 236 g/mol. The fourth-order valence-electron chi connectivity index (χ4n) is 1.27. The van der Waals surface area contributed by atoms with Gasteiger partial charge in [-0.3, -0.25) is 9.59 Å². The molecule has 17 heavy (non-hydrogen) atoms. The molecule has 0 bridgehead atoms. The van der Waals surface area contributed by atoms with Crippen LogP contribution in [-0.2, 0) is 4.79 Å². The van der Waals surface area contributed by atoms with Crippen LogP contribution in [0, 0.1) is 0 Å². The number of carbonyl (C=O) groups is 2. The van der Waals surface area contributed by atoms with Crippen molar-refractivity contribution in [1.82, 2.24) is 10.3 Å². The predicted molar refractivity (Wildman–Crippen MR) is 64.3 cm³/mol. The molecule has 1 rings (SSSR count). The van der Waals surface area contributed by atoms with Gasteiger partial charge < -0.3 is 16.8 Å². The summed E-state index contributed by atoms with van der Waals surface area (Å²) in [5.74, 6) is -0.536. The molecule has 2 amide bonds.